The van der Waals surface area contributed by atoms with E-state index >= 15 is 0 Å². The number of piperidine rings is 1. The molecule has 0 bridgehead atoms. The van der Waals surface area contributed by atoms with Crippen LogP contribution in [-0.2, 0) is 11.8 Å². The van der Waals surface area contributed by atoms with E-state index in [1.165, 1.54) is 24.4 Å². The number of halogens is 3. The third-order valence-corrected chi connectivity index (χ3v) is 4.55. The van der Waals surface area contributed by atoms with Crippen LogP contribution in [0.5, 0.6) is 5.75 Å². The summed E-state index contributed by atoms with van der Waals surface area (Å²) in [5.74, 6) is 0.0469. The Kier molecular flexibility index (Phi) is 4.47. The number of aromatic nitrogens is 1. The summed E-state index contributed by atoms with van der Waals surface area (Å²) in [6, 6.07) is 7.52. The first-order valence-corrected chi connectivity index (χ1v) is 7.98. The van der Waals surface area contributed by atoms with E-state index in [0.29, 0.717) is 17.7 Å². The number of alkyl halides is 3. The van der Waals surface area contributed by atoms with Gasteiger partial charge < -0.3 is 15.5 Å². The number of aliphatic hydroxyl groups is 1. The van der Waals surface area contributed by atoms with Crippen molar-refractivity contribution in [3.8, 4) is 5.75 Å². The fourth-order valence-corrected chi connectivity index (χ4v) is 3.39. The average Bonchev–Trinajstić information content (AvgIpc) is 2.54. The molecule has 1 aromatic heterocycles. The molecule has 0 spiro atoms. The Balaban J connectivity index is 1.87. The summed E-state index contributed by atoms with van der Waals surface area (Å²) in [6.07, 6.45) is -2.41. The number of rotatable bonds is 2. The maximum absolute atomic E-state index is 12.7. The van der Waals surface area contributed by atoms with Gasteiger partial charge in [-0.15, -0.1) is 0 Å². The largest absolute Gasteiger partial charge is 0.506 e. The summed E-state index contributed by atoms with van der Waals surface area (Å²) >= 11 is 0. The number of nitrogens with one attached hydrogen (secondary N) is 1. The molecule has 1 aliphatic heterocycles. The molecule has 1 saturated heterocycles. The lowest BCUT2D eigenvalue weighted by Gasteiger charge is -2.41. The SMILES string of the molecule is C[C@H]1CC(O)(c2ccc(C(F)(F)F)cc2)C[C@@H](c2ccc(O)cn2)N1. The highest BCUT2D eigenvalue weighted by Gasteiger charge is 2.40. The van der Waals surface area contributed by atoms with Crippen molar-refractivity contribution in [3.63, 3.8) is 0 Å². The minimum atomic E-state index is -4.40. The zero-order valence-electron chi connectivity index (χ0n) is 13.6. The van der Waals surface area contributed by atoms with Gasteiger partial charge in [0.15, 0.2) is 0 Å². The lowest BCUT2D eigenvalue weighted by molar-refractivity contribution is -0.137. The van der Waals surface area contributed by atoms with Crippen LogP contribution in [0.4, 0.5) is 13.2 Å². The van der Waals surface area contributed by atoms with Crippen LogP contribution < -0.4 is 5.32 Å². The molecule has 1 aliphatic rings. The van der Waals surface area contributed by atoms with Crippen LogP contribution in [0.2, 0.25) is 0 Å². The quantitative estimate of drug-likeness (QED) is 0.774. The Morgan fingerprint density at radius 3 is 2.36 bits per heavy atom. The van der Waals surface area contributed by atoms with Crippen molar-refractivity contribution < 1.29 is 23.4 Å². The summed E-state index contributed by atoms with van der Waals surface area (Å²) in [7, 11) is 0. The third kappa shape index (κ3) is 3.77. The molecular weight excluding hydrogens is 333 g/mol. The first-order valence-electron chi connectivity index (χ1n) is 7.98. The molecule has 134 valence electrons. The van der Waals surface area contributed by atoms with Crippen molar-refractivity contribution in [2.45, 2.75) is 43.6 Å². The van der Waals surface area contributed by atoms with Crippen molar-refractivity contribution in [1.29, 1.82) is 0 Å². The normalized spacial score (nSPS) is 27.2. The van der Waals surface area contributed by atoms with Gasteiger partial charge in [-0.25, -0.2) is 0 Å². The Labute approximate surface area is 143 Å². The summed E-state index contributed by atoms with van der Waals surface area (Å²) < 4.78 is 38.2. The number of nitrogens with zero attached hydrogens (tertiary/aromatic N) is 1. The summed E-state index contributed by atoms with van der Waals surface area (Å²) in [5.41, 5.74) is -0.871. The van der Waals surface area contributed by atoms with Crippen molar-refractivity contribution in [2.24, 2.45) is 0 Å². The Morgan fingerprint density at radius 2 is 1.80 bits per heavy atom. The molecule has 1 unspecified atom stereocenters. The van der Waals surface area contributed by atoms with Crippen LogP contribution in [0.1, 0.15) is 42.6 Å². The monoisotopic (exact) mass is 352 g/mol. The van der Waals surface area contributed by atoms with Crippen molar-refractivity contribution in [2.75, 3.05) is 0 Å². The van der Waals surface area contributed by atoms with E-state index in [1.54, 1.807) is 6.07 Å². The molecule has 7 heteroatoms. The van der Waals surface area contributed by atoms with Crippen molar-refractivity contribution in [1.82, 2.24) is 10.3 Å². The van der Waals surface area contributed by atoms with Gasteiger partial charge in [0.25, 0.3) is 0 Å². The molecule has 1 fully saturated rings. The van der Waals surface area contributed by atoms with Gasteiger partial charge in [-0.05, 0) is 43.2 Å². The molecule has 25 heavy (non-hydrogen) atoms. The highest BCUT2D eigenvalue weighted by molar-refractivity contribution is 5.31. The molecule has 3 atom stereocenters. The fourth-order valence-electron chi connectivity index (χ4n) is 3.39. The van der Waals surface area contributed by atoms with Gasteiger partial charge in [0.1, 0.15) is 5.75 Å². The van der Waals surface area contributed by atoms with Gasteiger partial charge in [-0.2, -0.15) is 13.2 Å². The average molecular weight is 352 g/mol. The predicted molar refractivity (Wildman–Crippen MR) is 85.8 cm³/mol. The summed E-state index contributed by atoms with van der Waals surface area (Å²) in [6.45, 7) is 1.90. The van der Waals surface area contributed by atoms with E-state index in [-0.39, 0.29) is 24.3 Å². The van der Waals surface area contributed by atoms with Gasteiger partial charge in [-0.3, -0.25) is 4.98 Å². The zero-order valence-corrected chi connectivity index (χ0v) is 13.6. The lowest BCUT2D eigenvalue weighted by atomic mass is 9.78. The predicted octanol–water partition coefficient (Wildman–Crippen LogP) is 3.51. The second kappa shape index (κ2) is 6.31. The minimum Gasteiger partial charge on any atom is -0.506 e. The number of aromatic hydroxyl groups is 1. The third-order valence-electron chi connectivity index (χ3n) is 4.55. The van der Waals surface area contributed by atoms with Gasteiger partial charge >= 0.3 is 6.18 Å². The molecule has 3 N–H and O–H groups in total. The molecule has 3 rings (SSSR count). The Hall–Kier alpha value is -2.12. The molecule has 0 radical (unpaired) electrons. The van der Waals surface area contributed by atoms with Crippen molar-refractivity contribution >= 4 is 0 Å². The summed E-state index contributed by atoms with van der Waals surface area (Å²) in [4.78, 5) is 4.17. The van der Waals surface area contributed by atoms with E-state index in [0.717, 1.165) is 12.1 Å². The van der Waals surface area contributed by atoms with Gasteiger partial charge in [-0.1, -0.05) is 12.1 Å². The fraction of sp³-hybridized carbons (Fsp3) is 0.389. The second-order valence-corrected chi connectivity index (χ2v) is 6.58. The topological polar surface area (TPSA) is 65.4 Å². The Bertz CT molecular complexity index is 731. The second-order valence-electron chi connectivity index (χ2n) is 6.58. The van der Waals surface area contributed by atoms with E-state index in [9.17, 15) is 23.4 Å². The standard InChI is InChI=1S/C18H19F3N2O2/c1-11-8-17(25,12-2-4-13(5-3-12)18(19,20)21)9-16(23-11)15-7-6-14(24)10-22-15/h2-7,10-11,16,23-25H,8-9H2,1H3/t11-,16-,17?/m0/s1. The zero-order chi connectivity index (χ0) is 18.2. The van der Waals surface area contributed by atoms with Crippen LogP contribution in [0.3, 0.4) is 0 Å². The molecular formula is C18H19F3N2O2. The summed E-state index contributed by atoms with van der Waals surface area (Å²) in [5, 5.41) is 23.8. The molecule has 2 heterocycles. The number of hydrogen-bond acceptors (Lipinski definition) is 4. The highest BCUT2D eigenvalue weighted by atomic mass is 19.4. The maximum atomic E-state index is 12.7. The van der Waals surface area contributed by atoms with E-state index < -0.39 is 17.3 Å². The first kappa shape index (κ1) is 17.7. The first-order chi connectivity index (χ1) is 11.7. The van der Waals surface area contributed by atoms with E-state index in [2.05, 4.69) is 10.3 Å². The van der Waals surface area contributed by atoms with Crippen molar-refractivity contribution in [3.05, 3.63) is 59.4 Å². The van der Waals surface area contributed by atoms with Crippen LogP contribution in [0, 0.1) is 0 Å². The molecule has 1 aromatic carbocycles. The van der Waals surface area contributed by atoms with Gasteiger partial charge in [0, 0.05) is 12.5 Å². The van der Waals surface area contributed by atoms with Crippen LogP contribution in [0.15, 0.2) is 42.6 Å². The van der Waals surface area contributed by atoms with Crippen LogP contribution >= 0.6 is 0 Å². The number of hydrogen-bond donors (Lipinski definition) is 3. The minimum absolute atomic E-state index is 0.0469. The highest BCUT2D eigenvalue weighted by Crippen LogP contribution is 2.40. The van der Waals surface area contributed by atoms with E-state index in [1.807, 2.05) is 6.92 Å². The lowest BCUT2D eigenvalue weighted by Crippen LogP contribution is -2.47. The number of pyridine rings is 1. The van der Waals surface area contributed by atoms with Crippen LogP contribution in [0.25, 0.3) is 0 Å². The smallest absolute Gasteiger partial charge is 0.416 e. The molecule has 0 aliphatic carbocycles. The van der Waals surface area contributed by atoms with Gasteiger partial charge in [0.2, 0.25) is 0 Å². The molecule has 2 aromatic rings. The molecule has 0 amide bonds. The maximum Gasteiger partial charge on any atom is 0.416 e. The molecule has 4 nitrogen and oxygen atoms in total. The van der Waals surface area contributed by atoms with Gasteiger partial charge in [0.05, 0.1) is 29.1 Å². The number of benzene rings is 1. The molecule has 0 saturated carbocycles. The Morgan fingerprint density at radius 1 is 1.12 bits per heavy atom. The van der Waals surface area contributed by atoms with Crippen LogP contribution in [-0.4, -0.2) is 21.2 Å². The van der Waals surface area contributed by atoms with E-state index in [4.69, 9.17) is 0 Å².